The topological polar surface area (TPSA) is 34.1 Å². The van der Waals surface area contributed by atoms with Gasteiger partial charge in [-0.1, -0.05) is 40.2 Å². The minimum atomic E-state index is -1.21. The Hall–Kier alpha value is -1.26. The van der Waals surface area contributed by atoms with Gasteiger partial charge in [0.05, 0.1) is 0 Å². The first-order valence-corrected chi connectivity index (χ1v) is 6.79. The maximum Gasteiger partial charge on any atom is 0.192 e. The molecule has 0 saturated carbocycles. The van der Waals surface area contributed by atoms with Crippen LogP contribution < -0.4 is 0 Å². The molecule has 0 bridgehead atoms. The summed E-state index contributed by atoms with van der Waals surface area (Å²) >= 11 is 4.83. The quantitative estimate of drug-likeness (QED) is 0.597. The molecular weight excluding hydrogens is 300 g/mol. The molecule has 0 fully saturated rings. The van der Waals surface area contributed by atoms with E-state index in [9.17, 15) is 9.59 Å². The van der Waals surface area contributed by atoms with Crippen LogP contribution in [0.4, 0.5) is 0 Å². The minimum absolute atomic E-state index is 0.170. The fourth-order valence-electron chi connectivity index (χ4n) is 2.08. The summed E-state index contributed by atoms with van der Waals surface area (Å²) in [5.74, 6) is -0.340. The molecule has 0 saturated heterocycles. The lowest BCUT2D eigenvalue weighted by Gasteiger charge is -2.16. The highest BCUT2D eigenvalue weighted by atomic mass is 79.9. The molecule has 0 amide bonds. The molecule has 1 aliphatic carbocycles. The van der Waals surface area contributed by atoms with E-state index in [4.69, 9.17) is 0 Å². The fraction of sp³-hybridized carbons (Fsp3) is 0.0769. The van der Waals surface area contributed by atoms with Gasteiger partial charge in [-0.3, -0.25) is 9.59 Å². The number of halogens is 1. The smallest absolute Gasteiger partial charge is 0.192 e. The average Bonchev–Trinajstić information content (AvgIpc) is 2.95. The summed E-state index contributed by atoms with van der Waals surface area (Å²) in [6, 6.07) is 8.75. The third-order valence-corrected chi connectivity index (χ3v) is 4.82. The lowest BCUT2D eigenvalue weighted by atomic mass is 9.97. The van der Waals surface area contributed by atoms with Crippen LogP contribution in [0, 0.1) is 0 Å². The zero-order valence-electron chi connectivity index (χ0n) is 8.64. The monoisotopic (exact) mass is 306 g/mol. The van der Waals surface area contributed by atoms with Crippen LogP contribution in [0.1, 0.15) is 26.3 Å². The van der Waals surface area contributed by atoms with Crippen molar-refractivity contribution in [2.75, 3.05) is 0 Å². The van der Waals surface area contributed by atoms with Crippen molar-refractivity contribution in [3.05, 3.63) is 57.8 Å². The first-order chi connectivity index (χ1) is 8.15. The number of fused-ring (bicyclic) bond motifs is 1. The van der Waals surface area contributed by atoms with E-state index in [1.807, 2.05) is 10.8 Å². The van der Waals surface area contributed by atoms with Crippen molar-refractivity contribution in [3.63, 3.8) is 0 Å². The van der Waals surface area contributed by atoms with E-state index in [1.165, 1.54) is 11.3 Å². The molecule has 1 aromatic carbocycles. The highest BCUT2D eigenvalue weighted by molar-refractivity contribution is 9.10. The third kappa shape index (κ3) is 1.31. The largest absolute Gasteiger partial charge is 0.292 e. The van der Waals surface area contributed by atoms with E-state index in [-0.39, 0.29) is 11.6 Å². The molecule has 1 aromatic heterocycles. The van der Waals surface area contributed by atoms with Crippen LogP contribution in [0.15, 0.2) is 41.1 Å². The van der Waals surface area contributed by atoms with Gasteiger partial charge in [0, 0.05) is 11.1 Å². The van der Waals surface area contributed by atoms with Gasteiger partial charge in [-0.05, 0) is 22.4 Å². The van der Waals surface area contributed by atoms with Gasteiger partial charge in [0.1, 0.15) is 0 Å². The van der Waals surface area contributed by atoms with Gasteiger partial charge < -0.3 is 0 Å². The Morgan fingerprint density at radius 1 is 1.00 bits per heavy atom. The first-order valence-electron chi connectivity index (χ1n) is 5.06. The zero-order chi connectivity index (χ0) is 12.0. The molecule has 0 unspecified atom stereocenters. The van der Waals surface area contributed by atoms with E-state index in [2.05, 4.69) is 15.9 Å². The second-order valence-corrected chi connectivity index (χ2v) is 5.84. The molecule has 3 rings (SSSR count). The van der Waals surface area contributed by atoms with Crippen LogP contribution in [-0.2, 0) is 4.32 Å². The number of alkyl halides is 1. The molecule has 4 heteroatoms. The van der Waals surface area contributed by atoms with E-state index in [0.717, 1.165) is 0 Å². The van der Waals surface area contributed by atoms with Crippen LogP contribution in [0.25, 0.3) is 0 Å². The summed E-state index contributed by atoms with van der Waals surface area (Å²) in [4.78, 5) is 24.7. The van der Waals surface area contributed by atoms with E-state index < -0.39 is 4.32 Å². The molecule has 17 heavy (non-hydrogen) atoms. The van der Waals surface area contributed by atoms with Crippen LogP contribution in [0.3, 0.4) is 0 Å². The van der Waals surface area contributed by atoms with Crippen molar-refractivity contribution in [2.45, 2.75) is 4.32 Å². The van der Waals surface area contributed by atoms with E-state index in [1.54, 1.807) is 30.3 Å². The van der Waals surface area contributed by atoms with E-state index in [0.29, 0.717) is 16.7 Å². The van der Waals surface area contributed by atoms with Crippen molar-refractivity contribution < 1.29 is 9.59 Å². The van der Waals surface area contributed by atoms with Crippen molar-refractivity contribution in [2.24, 2.45) is 0 Å². The second-order valence-electron chi connectivity index (χ2n) is 3.87. The van der Waals surface area contributed by atoms with Crippen LogP contribution >= 0.6 is 27.3 Å². The number of carbonyl (C=O) groups is 2. The Balaban J connectivity index is 2.25. The molecule has 0 atom stereocenters. The zero-order valence-corrected chi connectivity index (χ0v) is 11.0. The fourth-order valence-corrected chi connectivity index (χ4v) is 3.61. The number of hydrogen-bond acceptors (Lipinski definition) is 3. The van der Waals surface area contributed by atoms with Crippen molar-refractivity contribution in [1.82, 2.24) is 0 Å². The number of carbonyl (C=O) groups excluding carboxylic acids is 2. The van der Waals surface area contributed by atoms with Gasteiger partial charge >= 0.3 is 0 Å². The number of thiophene rings is 1. The maximum absolute atomic E-state index is 12.4. The summed E-state index contributed by atoms with van der Waals surface area (Å²) in [7, 11) is 0. The summed E-state index contributed by atoms with van der Waals surface area (Å²) in [5, 5.41) is 3.69. The van der Waals surface area contributed by atoms with Gasteiger partial charge in [-0.15, -0.1) is 0 Å². The second kappa shape index (κ2) is 3.62. The Kier molecular flexibility index (Phi) is 2.31. The highest BCUT2D eigenvalue weighted by Gasteiger charge is 2.52. The highest BCUT2D eigenvalue weighted by Crippen LogP contribution is 2.44. The molecular formula is C13H7BrO2S. The Bertz CT molecular complexity index is 581. The predicted octanol–water partition coefficient (Wildman–Crippen LogP) is 3.42. The van der Waals surface area contributed by atoms with Crippen molar-refractivity contribution >= 4 is 38.8 Å². The van der Waals surface area contributed by atoms with Gasteiger partial charge in [-0.2, -0.15) is 11.3 Å². The summed E-state index contributed by atoms with van der Waals surface area (Å²) in [6.45, 7) is 0. The molecule has 2 nitrogen and oxygen atoms in total. The average molecular weight is 307 g/mol. The number of benzene rings is 1. The van der Waals surface area contributed by atoms with Gasteiger partial charge in [-0.25, -0.2) is 0 Å². The van der Waals surface area contributed by atoms with Gasteiger partial charge in [0.2, 0.25) is 0 Å². The number of ketones is 2. The third-order valence-electron chi connectivity index (χ3n) is 2.96. The maximum atomic E-state index is 12.4. The number of rotatable bonds is 1. The molecule has 0 aliphatic heterocycles. The Morgan fingerprint density at radius 2 is 1.59 bits per heavy atom. The summed E-state index contributed by atoms with van der Waals surface area (Å²) in [6.07, 6.45) is 0. The molecule has 0 spiro atoms. The molecule has 2 aromatic rings. The normalized spacial score (nSPS) is 17.2. The summed E-state index contributed by atoms with van der Waals surface area (Å²) in [5.41, 5.74) is 1.72. The Labute approximate surface area is 110 Å². The lowest BCUT2D eigenvalue weighted by Crippen LogP contribution is -2.30. The molecule has 1 heterocycles. The SMILES string of the molecule is O=C1c2ccccc2C(=O)C1(Br)c1ccsc1. The lowest BCUT2D eigenvalue weighted by molar-refractivity contribution is 0.0872. The molecule has 84 valence electrons. The minimum Gasteiger partial charge on any atom is -0.292 e. The van der Waals surface area contributed by atoms with E-state index >= 15 is 0 Å². The van der Waals surface area contributed by atoms with Crippen molar-refractivity contribution in [1.29, 1.82) is 0 Å². The molecule has 1 aliphatic rings. The van der Waals surface area contributed by atoms with Crippen LogP contribution in [0.5, 0.6) is 0 Å². The molecule has 0 radical (unpaired) electrons. The van der Waals surface area contributed by atoms with Crippen LogP contribution in [-0.4, -0.2) is 11.6 Å². The number of Topliss-reactive ketones (excluding diaryl/α,β-unsaturated/α-hetero) is 2. The molecule has 0 N–H and O–H groups in total. The summed E-state index contributed by atoms with van der Waals surface area (Å²) < 4.78 is -1.21. The predicted molar refractivity (Wildman–Crippen MR) is 70.0 cm³/mol. The van der Waals surface area contributed by atoms with Gasteiger partial charge in [0.25, 0.3) is 0 Å². The van der Waals surface area contributed by atoms with Crippen LogP contribution in [0.2, 0.25) is 0 Å². The standard InChI is InChI=1S/C13H7BrO2S/c14-13(8-5-6-17-7-8)11(15)9-3-1-2-4-10(9)12(13)16/h1-7H. The van der Waals surface area contributed by atoms with Crippen molar-refractivity contribution in [3.8, 4) is 0 Å². The first kappa shape index (κ1) is 10.9. The Morgan fingerprint density at radius 3 is 2.06 bits per heavy atom. The number of hydrogen-bond donors (Lipinski definition) is 0. The van der Waals surface area contributed by atoms with Gasteiger partial charge in [0.15, 0.2) is 15.9 Å².